The molecule has 2 N–H and O–H groups in total. The molecule has 5 nitrogen and oxygen atoms in total. The molecule has 2 aromatic carbocycles. The summed E-state index contributed by atoms with van der Waals surface area (Å²) in [4.78, 5) is 25.5. The van der Waals surface area contributed by atoms with Crippen molar-refractivity contribution in [2.75, 3.05) is 5.32 Å². The Balaban J connectivity index is 1.51. The van der Waals surface area contributed by atoms with Gasteiger partial charge in [-0.25, -0.2) is 0 Å². The highest BCUT2D eigenvalue weighted by atomic mass is 16.2. The third-order valence-electron chi connectivity index (χ3n) is 6.55. The highest BCUT2D eigenvalue weighted by molar-refractivity contribution is 6.35. The van der Waals surface area contributed by atoms with Gasteiger partial charge in [-0.1, -0.05) is 55.7 Å². The van der Waals surface area contributed by atoms with Gasteiger partial charge in [0, 0.05) is 45.0 Å². The number of nitrogens with zero attached hydrogens (tertiary/aromatic N) is 1. The quantitative estimate of drug-likeness (QED) is 0.598. The molecule has 2 amide bonds. The lowest BCUT2D eigenvalue weighted by Gasteiger charge is -2.23. The Labute approximate surface area is 182 Å². The molecule has 158 valence electrons. The third kappa shape index (κ3) is 3.65. The number of aromatic nitrogens is 1. The van der Waals surface area contributed by atoms with Crippen LogP contribution in [0.1, 0.15) is 48.9 Å². The Morgan fingerprint density at radius 3 is 2.68 bits per heavy atom. The molecule has 1 aromatic heterocycles. The van der Waals surface area contributed by atoms with E-state index in [1.807, 2.05) is 55.5 Å². The van der Waals surface area contributed by atoms with Gasteiger partial charge in [-0.3, -0.25) is 9.59 Å². The minimum absolute atomic E-state index is 0.0545. The van der Waals surface area contributed by atoms with Crippen LogP contribution in [0.4, 0.5) is 5.69 Å². The SMILES string of the molecule is Cc1c(/C=C2\C(=O)Nc3ccccc32)c2ccccc2n1CC(=O)NC1CCCCC1. The molecule has 0 spiro atoms. The van der Waals surface area contributed by atoms with Gasteiger partial charge in [0.25, 0.3) is 5.91 Å². The zero-order valence-electron chi connectivity index (χ0n) is 17.8. The molecule has 2 aliphatic rings. The molecule has 0 unspecified atom stereocenters. The minimum atomic E-state index is -0.0903. The molecular weight excluding hydrogens is 386 g/mol. The topological polar surface area (TPSA) is 63.1 Å². The van der Waals surface area contributed by atoms with Gasteiger partial charge in [0.2, 0.25) is 5.91 Å². The third-order valence-corrected chi connectivity index (χ3v) is 6.55. The van der Waals surface area contributed by atoms with Crippen LogP contribution in [-0.4, -0.2) is 22.4 Å². The number of carbonyl (C=O) groups excluding carboxylic acids is 2. The van der Waals surface area contributed by atoms with E-state index in [0.29, 0.717) is 11.6 Å². The van der Waals surface area contributed by atoms with Crippen molar-refractivity contribution in [1.82, 2.24) is 9.88 Å². The fraction of sp³-hybridized carbons (Fsp3) is 0.308. The van der Waals surface area contributed by atoms with E-state index >= 15 is 0 Å². The second kappa shape index (κ2) is 8.06. The fourth-order valence-electron chi connectivity index (χ4n) is 4.93. The zero-order chi connectivity index (χ0) is 21.4. The second-order valence-electron chi connectivity index (χ2n) is 8.56. The summed E-state index contributed by atoms with van der Waals surface area (Å²) in [6.07, 6.45) is 7.76. The van der Waals surface area contributed by atoms with E-state index in [0.717, 1.165) is 46.3 Å². The second-order valence-corrected chi connectivity index (χ2v) is 8.56. The molecule has 1 fully saturated rings. The first kappa shape index (κ1) is 19.6. The van der Waals surface area contributed by atoms with Crippen molar-refractivity contribution in [3.05, 3.63) is 65.4 Å². The minimum Gasteiger partial charge on any atom is -0.352 e. The predicted molar refractivity (Wildman–Crippen MR) is 125 cm³/mol. The molecule has 31 heavy (non-hydrogen) atoms. The lowest BCUT2D eigenvalue weighted by Crippen LogP contribution is -2.38. The first-order valence-corrected chi connectivity index (χ1v) is 11.1. The van der Waals surface area contributed by atoms with Crippen LogP contribution in [0, 0.1) is 6.92 Å². The molecule has 5 heteroatoms. The van der Waals surface area contributed by atoms with E-state index < -0.39 is 0 Å². The summed E-state index contributed by atoms with van der Waals surface area (Å²) >= 11 is 0. The van der Waals surface area contributed by atoms with Gasteiger partial charge in [-0.05, 0) is 38.0 Å². The van der Waals surface area contributed by atoms with Gasteiger partial charge in [0.1, 0.15) is 6.54 Å². The van der Waals surface area contributed by atoms with Gasteiger partial charge in [-0.15, -0.1) is 0 Å². The van der Waals surface area contributed by atoms with E-state index in [9.17, 15) is 9.59 Å². The number of rotatable bonds is 4. The summed E-state index contributed by atoms with van der Waals surface area (Å²) in [5.74, 6) is -0.0358. The number of nitrogens with one attached hydrogen (secondary N) is 2. The average molecular weight is 414 g/mol. The fourth-order valence-corrected chi connectivity index (χ4v) is 4.93. The number of fused-ring (bicyclic) bond motifs is 2. The summed E-state index contributed by atoms with van der Waals surface area (Å²) in [7, 11) is 0. The smallest absolute Gasteiger partial charge is 0.256 e. The van der Waals surface area contributed by atoms with Crippen LogP contribution in [-0.2, 0) is 16.1 Å². The maximum Gasteiger partial charge on any atom is 0.256 e. The molecule has 1 aliphatic heterocycles. The van der Waals surface area contributed by atoms with Crippen LogP contribution in [0.2, 0.25) is 0 Å². The summed E-state index contributed by atoms with van der Waals surface area (Å²) in [5, 5.41) is 7.22. The molecule has 5 rings (SSSR count). The van der Waals surface area contributed by atoms with Crippen LogP contribution in [0.5, 0.6) is 0 Å². The zero-order valence-corrected chi connectivity index (χ0v) is 17.8. The van der Waals surface area contributed by atoms with E-state index in [-0.39, 0.29) is 18.4 Å². The van der Waals surface area contributed by atoms with Crippen molar-refractivity contribution < 1.29 is 9.59 Å². The van der Waals surface area contributed by atoms with Gasteiger partial charge >= 0.3 is 0 Å². The van der Waals surface area contributed by atoms with Crippen molar-refractivity contribution in [2.45, 2.75) is 51.6 Å². The van der Waals surface area contributed by atoms with Crippen molar-refractivity contribution in [3.8, 4) is 0 Å². The van der Waals surface area contributed by atoms with Gasteiger partial charge < -0.3 is 15.2 Å². The Morgan fingerprint density at radius 1 is 1.10 bits per heavy atom. The molecule has 1 aliphatic carbocycles. The van der Waals surface area contributed by atoms with E-state index in [1.54, 1.807) is 0 Å². The normalized spacial score (nSPS) is 17.7. The summed E-state index contributed by atoms with van der Waals surface area (Å²) in [6, 6.07) is 16.1. The molecule has 0 bridgehead atoms. The number of hydrogen-bond acceptors (Lipinski definition) is 2. The van der Waals surface area contributed by atoms with Gasteiger partial charge in [-0.2, -0.15) is 0 Å². The number of carbonyl (C=O) groups is 2. The molecule has 3 aromatic rings. The highest BCUT2D eigenvalue weighted by Crippen LogP contribution is 2.35. The number of benzene rings is 2. The number of amides is 2. The van der Waals surface area contributed by atoms with Gasteiger partial charge in [0.15, 0.2) is 0 Å². The predicted octanol–water partition coefficient (Wildman–Crippen LogP) is 4.89. The van der Waals surface area contributed by atoms with E-state index in [1.165, 1.54) is 19.3 Å². The lowest BCUT2D eigenvalue weighted by molar-refractivity contribution is -0.122. The molecule has 2 heterocycles. The van der Waals surface area contributed by atoms with Crippen molar-refractivity contribution in [3.63, 3.8) is 0 Å². The van der Waals surface area contributed by atoms with Crippen molar-refractivity contribution in [1.29, 1.82) is 0 Å². The monoisotopic (exact) mass is 413 g/mol. The summed E-state index contributed by atoms with van der Waals surface area (Å²) in [5.41, 5.74) is 5.41. The molecule has 1 saturated carbocycles. The van der Waals surface area contributed by atoms with E-state index in [4.69, 9.17) is 0 Å². The Kier molecular flexibility index (Phi) is 5.10. The summed E-state index contributed by atoms with van der Waals surface area (Å²) in [6.45, 7) is 2.31. The number of para-hydroxylation sites is 2. The Hall–Kier alpha value is -3.34. The number of hydrogen-bond donors (Lipinski definition) is 2. The lowest BCUT2D eigenvalue weighted by atomic mass is 9.95. The maximum absolute atomic E-state index is 12.8. The van der Waals surface area contributed by atoms with Crippen LogP contribution in [0.25, 0.3) is 22.6 Å². The van der Waals surface area contributed by atoms with Gasteiger partial charge in [0.05, 0.1) is 0 Å². The summed E-state index contributed by atoms with van der Waals surface area (Å²) < 4.78 is 2.07. The average Bonchev–Trinajstić information content (AvgIpc) is 3.24. The molecular formula is C26H27N3O2. The standard InChI is InChI=1S/C26H27N3O2/c1-17-21(15-22-19-11-5-7-13-23(19)28-26(22)31)20-12-6-8-14-24(20)29(17)16-25(30)27-18-9-3-2-4-10-18/h5-8,11-15,18H,2-4,9-10,16H2,1H3,(H,27,30)(H,28,31)/b22-15-. The van der Waals surface area contributed by atoms with Crippen molar-refractivity contribution in [2.24, 2.45) is 0 Å². The molecule has 0 atom stereocenters. The van der Waals surface area contributed by atoms with Crippen LogP contribution < -0.4 is 10.6 Å². The molecule has 0 radical (unpaired) electrons. The van der Waals surface area contributed by atoms with Crippen molar-refractivity contribution >= 4 is 40.1 Å². The van der Waals surface area contributed by atoms with Crippen LogP contribution >= 0.6 is 0 Å². The Morgan fingerprint density at radius 2 is 1.84 bits per heavy atom. The van der Waals surface area contributed by atoms with Crippen LogP contribution in [0.15, 0.2) is 48.5 Å². The highest BCUT2D eigenvalue weighted by Gasteiger charge is 2.25. The van der Waals surface area contributed by atoms with E-state index in [2.05, 4.69) is 21.3 Å². The largest absolute Gasteiger partial charge is 0.352 e. The number of anilines is 1. The first-order chi connectivity index (χ1) is 15.1. The Bertz CT molecular complexity index is 1200. The van der Waals surface area contributed by atoms with Crippen LogP contribution in [0.3, 0.4) is 0 Å². The first-order valence-electron chi connectivity index (χ1n) is 11.1. The maximum atomic E-state index is 12.8. The molecule has 0 saturated heterocycles.